The number of benzene rings is 1. The van der Waals surface area contributed by atoms with Crippen molar-refractivity contribution in [2.24, 2.45) is 11.8 Å². The average Bonchev–Trinajstić information content (AvgIpc) is 2.23. The van der Waals surface area contributed by atoms with Crippen LogP contribution in [-0.2, 0) is 12.8 Å². The molecule has 0 fully saturated rings. The standard InChI is InChI=1S/C12H16.C2H6/c1-9-7-11-5-3-4-6-12(11)8-10(9)2;1-2/h3-6,9-10H,7-8H2,1-2H3;1-2H3. The predicted molar refractivity (Wildman–Crippen MR) is 63.5 cm³/mol. The van der Waals surface area contributed by atoms with E-state index in [2.05, 4.69) is 38.1 Å². The minimum Gasteiger partial charge on any atom is -0.0683 e. The van der Waals surface area contributed by atoms with Crippen LogP contribution in [0.5, 0.6) is 0 Å². The van der Waals surface area contributed by atoms with Gasteiger partial charge in [-0.15, -0.1) is 0 Å². The summed E-state index contributed by atoms with van der Waals surface area (Å²) in [5.74, 6) is 1.72. The van der Waals surface area contributed by atoms with E-state index < -0.39 is 0 Å². The minimum atomic E-state index is 0.861. The van der Waals surface area contributed by atoms with Gasteiger partial charge in [-0.05, 0) is 35.8 Å². The van der Waals surface area contributed by atoms with Crippen molar-refractivity contribution in [3.8, 4) is 0 Å². The molecule has 2 rings (SSSR count). The molecule has 0 radical (unpaired) electrons. The van der Waals surface area contributed by atoms with Crippen molar-refractivity contribution >= 4 is 0 Å². The lowest BCUT2D eigenvalue weighted by Gasteiger charge is -2.27. The van der Waals surface area contributed by atoms with Crippen LogP contribution in [-0.4, -0.2) is 0 Å². The van der Waals surface area contributed by atoms with E-state index >= 15 is 0 Å². The summed E-state index contributed by atoms with van der Waals surface area (Å²) in [7, 11) is 0. The van der Waals surface area contributed by atoms with Crippen molar-refractivity contribution < 1.29 is 0 Å². The highest BCUT2D eigenvalue weighted by atomic mass is 14.3. The summed E-state index contributed by atoms with van der Waals surface area (Å²) < 4.78 is 0. The van der Waals surface area contributed by atoms with Gasteiger partial charge in [0.05, 0.1) is 0 Å². The Morgan fingerprint density at radius 3 is 1.57 bits per heavy atom. The van der Waals surface area contributed by atoms with Crippen LogP contribution >= 0.6 is 0 Å². The van der Waals surface area contributed by atoms with Crippen molar-refractivity contribution in [2.45, 2.75) is 40.5 Å². The fourth-order valence-electron chi connectivity index (χ4n) is 2.05. The molecule has 0 N–H and O–H groups in total. The zero-order valence-corrected chi connectivity index (χ0v) is 9.88. The second kappa shape index (κ2) is 5.19. The van der Waals surface area contributed by atoms with E-state index in [1.54, 1.807) is 11.1 Å². The second-order valence-corrected chi connectivity index (χ2v) is 4.13. The first-order chi connectivity index (χ1) is 6.77. The number of fused-ring (bicyclic) bond motifs is 1. The molecule has 14 heavy (non-hydrogen) atoms. The lowest BCUT2D eigenvalue weighted by Crippen LogP contribution is -2.20. The van der Waals surface area contributed by atoms with Crippen LogP contribution in [0.1, 0.15) is 38.8 Å². The molecule has 0 amide bonds. The van der Waals surface area contributed by atoms with Crippen molar-refractivity contribution in [3.05, 3.63) is 35.4 Å². The molecular weight excluding hydrogens is 168 g/mol. The maximum Gasteiger partial charge on any atom is -0.0248 e. The Kier molecular flexibility index (Phi) is 4.19. The zero-order valence-electron chi connectivity index (χ0n) is 9.88. The third-order valence-electron chi connectivity index (χ3n) is 3.17. The highest BCUT2D eigenvalue weighted by molar-refractivity contribution is 5.30. The first-order valence-electron chi connectivity index (χ1n) is 5.84. The molecule has 1 aliphatic carbocycles. The molecule has 0 aromatic heterocycles. The molecule has 0 saturated carbocycles. The third kappa shape index (κ3) is 2.37. The van der Waals surface area contributed by atoms with Crippen molar-refractivity contribution in [1.82, 2.24) is 0 Å². The number of hydrogen-bond acceptors (Lipinski definition) is 0. The van der Waals surface area contributed by atoms with Crippen molar-refractivity contribution in [3.63, 3.8) is 0 Å². The van der Waals surface area contributed by atoms with Crippen LogP contribution in [0.2, 0.25) is 0 Å². The van der Waals surface area contributed by atoms with Crippen LogP contribution in [0.25, 0.3) is 0 Å². The summed E-state index contributed by atoms with van der Waals surface area (Å²) in [6.45, 7) is 8.72. The fraction of sp³-hybridized carbons (Fsp3) is 0.571. The van der Waals surface area contributed by atoms with Gasteiger partial charge in [0.15, 0.2) is 0 Å². The summed E-state index contributed by atoms with van der Waals surface area (Å²) in [6, 6.07) is 8.86. The lowest BCUT2D eigenvalue weighted by atomic mass is 9.78. The molecular formula is C14H22. The van der Waals surface area contributed by atoms with Gasteiger partial charge in [-0.2, -0.15) is 0 Å². The van der Waals surface area contributed by atoms with E-state index in [1.807, 2.05) is 13.8 Å². The highest BCUT2D eigenvalue weighted by Gasteiger charge is 2.20. The van der Waals surface area contributed by atoms with Gasteiger partial charge in [0.25, 0.3) is 0 Å². The maximum absolute atomic E-state index is 2.36. The Bertz CT molecular complexity index is 246. The molecule has 1 aromatic carbocycles. The van der Waals surface area contributed by atoms with Gasteiger partial charge < -0.3 is 0 Å². The van der Waals surface area contributed by atoms with E-state index in [-0.39, 0.29) is 0 Å². The van der Waals surface area contributed by atoms with Gasteiger partial charge in [-0.25, -0.2) is 0 Å². The van der Waals surface area contributed by atoms with Crippen LogP contribution in [0, 0.1) is 11.8 Å². The summed E-state index contributed by atoms with van der Waals surface area (Å²) in [5, 5.41) is 0. The quantitative estimate of drug-likeness (QED) is 0.578. The molecule has 0 aliphatic heterocycles. The summed E-state index contributed by atoms with van der Waals surface area (Å²) in [5.41, 5.74) is 3.14. The highest BCUT2D eigenvalue weighted by Crippen LogP contribution is 2.29. The van der Waals surface area contributed by atoms with Crippen LogP contribution in [0.4, 0.5) is 0 Å². The zero-order chi connectivity index (χ0) is 10.6. The number of rotatable bonds is 0. The van der Waals surface area contributed by atoms with Gasteiger partial charge >= 0.3 is 0 Å². The van der Waals surface area contributed by atoms with Gasteiger partial charge in [0.1, 0.15) is 0 Å². The topological polar surface area (TPSA) is 0 Å². The van der Waals surface area contributed by atoms with E-state index in [1.165, 1.54) is 12.8 Å². The Morgan fingerprint density at radius 2 is 1.21 bits per heavy atom. The molecule has 0 saturated heterocycles. The molecule has 0 heterocycles. The van der Waals surface area contributed by atoms with E-state index in [4.69, 9.17) is 0 Å². The first kappa shape index (κ1) is 11.3. The van der Waals surface area contributed by atoms with E-state index in [0.717, 1.165) is 11.8 Å². The van der Waals surface area contributed by atoms with Crippen LogP contribution in [0.3, 0.4) is 0 Å². The van der Waals surface area contributed by atoms with Gasteiger partial charge in [-0.1, -0.05) is 52.0 Å². The second-order valence-electron chi connectivity index (χ2n) is 4.13. The lowest BCUT2D eigenvalue weighted by molar-refractivity contribution is 0.361. The predicted octanol–water partition coefficient (Wildman–Crippen LogP) is 4.08. The molecule has 0 bridgehead atoms. The summed E-state index contributed by atoms with van der Waals surface area (Å²) >= 11 is 0. The molecule has 1 aromatic rings. The Hall–Kier alpha value is -0.780. The molecule has 0 heteroatoms. The molecule has 1 aliphatic rings. The molecule has 0 nitrogen and oxygen atoms in total. The molecule has 0 spiro atoms. The Morgan fingerprint density at radius 1 is 0.857 bits per heavy atom. The summed E-state index contributed by atoms with van der Waals surface area (Å²) in [4.78, 5) is 0. The first-order valence-corrected chi connectivity index (χ1v) is 5.84. The average molecular weight is 190 g/mol. The third-order valence-corrected chi connectivity index (χ3v) is 3.17. The summed E-state index contributed by atoms with van der Waals surface area (Å²) in [6.07, 6.45) is 2.55. The number of hydrogen-bond donors (Lipinski definition) is 0. The van der Waals surface area contributed by atoms with Crippen molar-refractivity contribution in [1.29, 1.82) is 0 Å². The smallest absolute Gasteiger partial charge is 0.0248 e. The Labute approximate surface area is 88.4 Å². The van der Waals surface area contributed by atoms with Crippen molar-refractivity contribution in [2.75, 3.05) is 0 Å². The van der Waals surface area contributed by atoms with Crippen LogP contribution < -0.4 is 0 Å². The Balaban J connectivity index is 0.000000461. The van der Waals surface area contributed by atoms with Crippen LogP contribution in [0.15, 0.2) is 24.3 Å². The minimum absolute atomic E-state index is 0.861. The molecule has 2 unspecified atom stereocenters. The monoisotopic (exact) mass is 190 g/mol. The fourth-order valence-corrected chi connectivity index (χ4v) is 2.05. The molecule has 78 valence electrons. The normalized spacial score (nSPS) is 24.6. The van der Waals surface area contributed by atoms with E-state index in [0.29, 0.717) is 0 Å². The van der Waals surface area contributed by atoms with Gasteiger partial charge in [-0.3, -0.25) is 0 Å². The largest absolute Gasteiger partial charge is 0.0683 e. The van der Waals surface area contributed by atoms with Gasteiger partial charge in [0, 0.05) is 0 Å². The van der Waals surface area contributed by atoms with Gasteiger partial charge in [0.2, 0.25) is 0 Å². The van der Waals surface area contributed by atoms with E-state index in [9.17, 15) is 0 Å². The molecule has 2 atom stereocenters. The maximum atomic E-state index is 2.36. The SMILES string of the molecule is CC.CC1Cc2ccccc2CC1C.